The number of quaternary nitrogens is 1. The van der Waals surface area contributed by atoms with Crippen molar-refractivity contribution in [2.45, 2.75) is 19.4 Å². The number of Topliss-reactive ketones (excluding diaryl/α,β-unsaturated/α-hetero) is 1. The summed E-state index contributed by atoms with van der Waals surface area (Å²) in [4.78, 5) is 32.8. The van der Waals surface area contributed by atoms with Gasteiger partial charge in [-0.2, -0.15) is 0 Å². The molecule has 0 saturated heterocycles. The van der Waals surface area contributed by atoms with Gasteiger partial charge in [-0.25, -0.2) is 0 Å². The van der Waals surface area contributed by atoms with Gasteiger partial charge in [0.15, 0.2) is 11.5 Å². The van der Waals surface area contributed by atoms with Crippen molar-refractivity contribution >= 4 is 11.7 Å². The smallest absolute Gasteiger partial charge is 0.290 e. The first-order valence-corrected chi connectivity index (χ1v) is 8.95. The van der Waals surface area contributed by atoms with E-state index in [1.807, 2.05) is 14.1 Å². The molecule has 1 amide bonds. The monoisotopic (exact) mass is 370 g/mol. The Morgan fingerprint density at radius 2 is 2.07 bits per heavy atom. The van der Waals surface area contributed by atoms with Crippen molar-refractivity contribution < 1.29 is 24.0 Å². The predicted molar refractivity (Wildman–Crippen MR) is 98.4 cm³/mol. The fourth-order valence-electron chi connectivity index (χ4n) is 3.25. The van der Waals surface area contributed by atoms with Crippen molar-refractivity contribution in [3.8, 4) is 0 Å². The van der Waals surface area contributed by atoms with Gasteiger partial charge in [0.2, 0.25) is 5.78 Å². The molecule has 1 aliphatic rings. The summed E-state index contributed by atoms with van der Waals surface area (Å²) in [5.74, 6) is -0.886. The van der Waals surface area contributed by atoms with Crippen LogP contribution in [0, 0.1) is 6.92 Å². The number of hydrogen-bond acceptors (Lipinski definition) is 5. The molecule has 7 nitrogen and oxygen atoms in total. The molecule has 0 aliphatic carbocycles. The van der Waals surface area contributed by atoms with Gasteiger partial charge in [-0.3, -0.25) is 14.6 Å². The van der Waals surface area contributed by atoms with Gasteiger partial charge in [-0.05, 0) is 31.2 Å². The van der Waals surface area contributed by atoms with Crippen LogP contribution in [0.3, 0.4) is 0 Å². The SMILES string of the molecule is Cc1ccc(C(=O)C2=C(O)C(=O)N(CCC[NH+](C)C)[C@H]2c2ccccn2)o1. The molecule has 3 heterocycles. The fraction of sp³-hybridized carbons (Fsp3) is 0.350. The van der Waals surface area contributed by atoms with E-state index < -0.39 is 23.5 Å². The number of ketones is 1. The molecule has 142 valence electrons. The maximum absolute atomic E-state index is 13.0. The van der Waals surface area contributed by atoms with Crippen LogP contribution in [0.2, 0.25) is 0 Å². The average Bonchev–Trinajstić information content (AvgIpc) is 3.18. The summed E-state index contributed by atoms with van der Waals surface area (Å²) in [5, 5.41) is 10.5. The van der Waals surface area contributed by atoms with Gasteiger partial charge in [0.25, 0.3) is 5.91 Å². The van der Waals surface area contributed by atoms with Crippen LogP contribution in [0.25, 0.3) is 0 Å². The molecule has 1 aliphatic heterocycles. The van der Waals surface area contributed by atoms with E-state index in [-0.39, 0.29) is 11.3 Å². The molecular weight excluding hydrogens is 346 g/mol. The number of aliphatic hydroxyl groups is 1. The Kier molecular flexibility index (Phi) is 5.41. The van der Waals surface area contributed by atoms with Crippen molar-refractivity contribution in [2.75, 3.05) is 27.2 Å². The first-order valence-electron chi connectivity index (χ1n) is 8.95. The summed E-state index contributed by atoms with van der Waals surface area (Å²) >= 11 is 0. The first-order chi connectivity index (χ1) is 12.9. The van der Waals surface area contributed by atoms with Crippen LogP contribution in [-0.2, 0) is 4.79 Å². The van der Waals surface area contributed by atoms with Gasteiger partial charge < -0.3 is 19.3 Å². The molecule has 2 aromatic rings. The molecule has 2 aromatic heterocycles. The third-order valence-electron chi connectivity index (χ3n) is 4.56. The lowest BCUT2D eigenvalue weighted by atomic mass is 9.98. The Balaban J connectivity index is 1.98. The topological polar surface area (TPSA) is 88.1 Å². The summed E-state index contributed by atoms with van der Waals surface area (Å²) in [6.07, 6.45) is 2.35. The van der Waals surface area contributed by atoms with E-state index >= 15 is 0 Å². The normalized spacial score (nSPS) is 17.3. The van der Waals surface area contributed by atoms with E-state index in [2.05, 4.69) is 4.98 Å². The molecule has 7 heteroatoms. The summed E-state index contributed by atoms with van der Waals surface area (Å²) in [6, 6.07) is 7.81. The highest BCUT2D eigenvalue weighted by molar-refractivity contribution is 6.14. The quantitative estimate of drug-likeness (QED) is 0.713. The van der Waals surface area contributed by atoms with Crippen LogP contribution in [0.5, 0.6) is 0 Å². The number of carbonyl (C=O) groups excluding carboxylic acids is 2. The average molecular weight is 370 g/mol. The summed E-state index contributed by atoms with van der Waals surface area (Å²) in [6.45, 7) is 3.01. The lowest BCUT2D eigenvalue weighted by Crippen LogP contribution is -3.05. The summed E-state index contributed by atoms with van der Waals surface area (Å²) in [7, 11) is 4.07. The van der Waals surface area contributed by atoms with Gasteiger partial charge in [0.1, 0.15) is 11.8 Å². The molecule has 0 aromatic carbocycles. The van der Waals surface area contributed by atoms with Gasteiger partial charge >= 0.3 is 0 Å². The number of nitrogens with one attached hydrogen (secondary N) is 1. The molecule has 0 saturated carbocycles. The van der Waals surface area contributed by atoms with Crippen LogP contribution >= 0.6 is 0 Å². The lowest BCUT2D eigenvalue weighted by Gasteiger charge is -2.26. The zero-order valence-electron chi connectivity index (χ0n) is 15.7. The van der Waals surface area contributed by atoms with Gasteiger partial charge in [0, 0.05) is 19.2 Å². The second kappa shape index (κ2) is 7.75. The third-order valence-corrected chi connectivity index (χ3v) is 4.56. The Morgan fingerprint density at radius 1 is 1.30 bits per heavy atom. The maximum Gasteiger partial charge on any atom is 0.290 e. The minimum Gasteiger partial charge on any atom is -0.503 e. The van der Waals surface area contributed by atoms with E-state index in [4.69, 9.17) is 4.42 Å². The Morgan fingerprint density at radius 3 is 2.67 bits per heavy atom. The molecule has 3 rings (SSSR count). The Labute approximate surface area is 157 Å². The molecule has 2 N–H and O–H groups in total. The van der Waals surface area contributed by atoms with E-state index in [0.717, 1.165) is 13.0 Å². The number of nitrogens with zero attached hydrogens (tertiary/aromatic N) is 2. The van der Waals surface area contributed by atoms with Crippen LogP contribution < -0.4 is 4.90 Å². The number of rotatable bonds is 7. The number of aryl methyl sites for hydroxylation is 1. The molecule has 0 radical (unpaired) electrons. The summed E-state index contributed by atoms with van der Waals surface area (Å²) in [5.41, 5.74) is 0.559. The molecule has 27 heavy (non-hydrogen) atoms. The summed E-state index contributed by atoms with van der Waals surface area (Å²) < 4.78 is 5.42. The van der Waals surface area contributed by atoms with E-state index in [1.54, 1.807) is 43.5 Å². The zero-order chi connectivity index (χ0) is 19.6. The van der Waals surface area contributed by atoms with Crippen molar-refractivity contribution in [1.29, 1.82) is 0 Å². The van der Waals surface area contributed by atoms with Crippen molar-refractivity contribution in [1.82, 2.24) is 9.88 Å². The minimum atomic E-state index is -0.728. The molecule has 0 unspecified atom stereocenters. The van der Waals surface area contributed by atoms with Crippen molar-refractivity contribution in [3.05, 3.63) is 65.1 Å². The standard InChI is InChI=1S/C20H23N3O4/c1-13-8-9-15(27-13)18(24)16-17(14-7-4-5-10-21-14)23(20(26)19(16)25)12-6-11-22(2)3/h4-5,7-10,17,25H,6,11-12H2,1-3H3/p+1/t17-/m0/s1. The third kappa shape index (κ3) is 3.78. The van der Waals surface area contributed by atoms with E-state index in [0.29, 0.717) is 18.0 Å². The number of aromatic nitrogens is 1. The number of hydrogen-bond donors (Lipinski definition) is 2. The Hall–Kier alpha value is -2.93. The fourth-order valence-corrected chi connectivity index (χ4v) is 3.25. The first kappa shape index (κ1) is 18.8. The molecular formula is C20H24N3O4+. The number of amides is 1. The van der Waals surface area contributed by atoms with Gasteiger partial charge in [-0.15, -0.1) is 0 Å². The second-order valence-corrected chi connectivity index (χ2v) is 6.97. The van der Waals surface area contributed by atoms with Gasteiger partial charge in [0.05, 0.1) is 31.9 Å². The molecule has 0 spiro atoms. The van der Waals surface area contributed by atoms with Crippen LogP contribution in [-0.4, -0.2) is 53.9 Å². The molecule has 0 fully saturated rings. The molecule has 1 atom stereocenters. The highest BCUT2D eigenvalue weighted by atomic mass is 16.3. The van der Waals surface area contributed by atoms with Crippen molar-refractivity contribution in [3.63, 3.8) is 0 Å². The van der Waals surface area contributed by atoms with E-state index in [9.17, 15) is 14.7 Å². The molecule has 0 bridgehead atoms. The Bertz CT molecular complexity index is 870. The number of carbonyl (C=O) groups is 2. The maximum atomic E-state index is 13.0. The predicted octanol–water partition coefficient (Wildman–Crippen LogP) is 1.10. The second-order valence-electron chi connectivity index (χ2n) is 6.97. The minimum absolute atomic E-state index is 0.0188. The van der Waals surface area contributed by atoms with Gasteiger partial charge in [-0.1, -0.05) is 6.07 Å². The number of aliphatic hydroxyl groups excluding tert-OH is 1. The van der Waals surface area contributed by atoms with Crippen molar-refractivity contribution in [2.24, 2.45) is 0 Å². The largest absolute Gasteiger partial charge is 0.503 e. The van der Waals surface area contributed by atoms with E-state index in [1.165, 1.54) is 9.80 Å². The zero-order valence-corrected chi connectivity index (χ0v) is 15.7. The van der Waals surface area contributed by atoms with Crippen LogP contribution in [0.4, 0.5) is 0 Å². The number of pyridine rings is 1. The lowest BCUT2D eigenvalue weighted by molar-refractivity contribution is -0.858. The highest BCUT2D eigenvalue weighted by Gasteiger charge is 2.44. The number of furan rings is 1. The van der Waals surface area contributed by atoms with Crippen LogP contribution in [0.1, 0.15) is 34.5 Å². The van der Waals surface area contributed by atoms with Crippen LogP contribution in [0.15, 0.2) is 52.3 Å². The highest BCUT2D eigenvalue weighted by Crippen LogP contribution is 2.38.